The lowest BCUT2D eigenvalue weighted by Crippen LogP contribution is -2.13. The highest BCUT2D eigenvalue weighted by Gasteiger charge is 2.16. The highest BCUT2D eigenvalue weighted by molar-refractivity contribution is 9.10. The number of carbonyl (C=O) groups excluding carboxylic acids is 1. The van der Waals surface area contributed by atoms with E-state index in [1.54, 1.807) is 13.8 Å². The molecule has 1 amide bonds. The van der Waals surface area contributed by atoms with Crippen LogP contribution in [0.2, 0.25) is 0 Å². The van der Waals surface area contributed by atoms with Gasteiger partial charge in [-0.25, -0.2) is 4.98 Å². The fraction of sp³-hybridized carbons (Fsp3) is 0.231. The molecule has 0 aliphatic rings. The summed E-state index contributed by atoms with van der Waals surface area (Å²) in [5.74, 6) is 0.471. The summed E-state index contributed by atoms with van der Waals surface area (Å²) in [5, 5.41) is 2.81. The molecule has 0 fully saturated rings. The molecule has 0 spiro atoms. The Bertz CT molecular complexity index is 605. The molecule has 4 nitrogen and oxygen atoms in total. The second-order valence-electron chi connectivity index (χ2n) is 4.06. The number of anilines is 1. The number of hydrogen-bond donors (Lipinski definition) is 1. The van der Waals surface area contributed by atoms with E-state index in [1.165, 1.54) is 0 Å². The van der Waals surface area contributed by atoms with Crippen LogP contribution in [0.4, 0.5) is 5.69 Å². The number of rotatable bonds is 2. The highest BCUT2D eigenvalue weighted by Crippen LogP contribution is 2.21. The van der Waals surface area contributed by atoms with Gasteiger partial charge < -0.3 is 9.73 Å². The Kier molecular flexibility index (Phi) is 3.52. The predicted molar refractivity (Wildman–Crippen MR) is 72.8 cm³/mol. The fourth-order valence-corrected chi connectivity index (χ4v) is 2.16. The largest absolute Gasteiger partial charge is 0.436 e. The first-order valence-electron chi connectivity index (χ1n) is 5.49. The smallest absolute Gasteiger partial charge is 0.293 e. The van der Waals surface area contributed by atoms with Crippen LogP contribution in [0.3, 0.4) is 0 Å². The van der Waals surface area contributed by atoms with E-state index in [0.717, 1.165) is 15.7 Å². The van der Waals surface area contributed by atoms with Crippen molar-refractivity contribution < 1.29 is 9.21 Å². The van der Waals surface area contributed by atoms with Gasteiger partial charge in [0.15, 0.2) is 5.89 Å². The zero-order valence-electron chi connectivity index (χ0n) is 10.4. The van der Waals surface area contributed by atoms with E-state index in [2.05, 4.69) is 26.2 Å². The minimum atomic E-state index is -0.279. The molecule has 0 aliphatic carbocycles. The van der Waals surface area contributed by atoms with Gasteiger partial charge in [0.1, 0.15) is 0 Å². The molecule has 0 saturated carbocycles. The maximum Gasteiger partial charge on any atom is 0.293 e. The number of nitrogens with one attached hydrogen (secondary N) is 1. The van der Waals surface area contributed by atoms with Crippen LogP contribution in [0.5, 0.6) is 0 Å². The minimum absolute atomic E-state index is 0.259. The highest BCUT2D eigenvalue weighted by atomic mass is 79.9. The van der Waals surface area contributed by atoms with Gasteiger partial charge in [0.05, 0.1) is 5.69 Å². The summed E-state index contributed by atoms with van der Waals surface area (Å²) in [4.78, 5) is 16.1. The van der Waals surface area contributed by atoms with Gasteiger partial charge >= 0.3 is 0 Å². The first kappa shape index (κ1) is 12.8. The standard InChI is InChI=1S/C13H13BrN2O2/c1-7-6-10(14)4-5-11(7)16-13(17)12-8(2)15-9(3)18-12/h4-6H,1-3H3,(H,16,17). The number of hydrogen-bond acceptors (Lipinski definition) is 3. The van der Waals surface area contributed by atoms with E-state index < -0.39 is 0 Å². The van der Waals surface area contributed by atoms with E-state index in [9.17, 15) is 4.79 Å². The van der Waals surface area contributed by atoms with Gasteiger partial charge in [-0.3, -0.25) is 4.79 Å². The van der Waals surface area contributed by atoms with Crippen LogP contribution in [-0.4, -0.2) is 10.9 Å². The maximum atomic E-state index is 12.0. The summed E-state index contributed by atoms with van der Waals surface area (Å²) in [5.41, 5.74) is 2.34. The van der Waals surface area contributed by atoms with Crippen LogP contribution in [0.15, 0.2) is 27.1 Å². The molecule has 18 heavy (non-hydrogen) atoms. The topological polar surface area (TPSA) is 55.1 Å². The number of halogens is 1. The van der Waals surface area contributed by atoms with Crippen molar-refractivity contribution >= 4 is 27.5 Å². The Morgan fingerprint density at radius 1 is 1.33 bits per heavy atom. The number of carbonyl (C=O) groups is 1. The lowest BCUT2D eigenvalue weighted by Gasteiger charge is -2.07. The summed E-state index contributed by atoms with van der Waals surface area (Å²) in [6, 6.07) is 5.66. The summed E-state index contributed by atoms with van der Waals surface area (Å²) in [6.45, 7) is 5.40. The van der Waals surface area contributed by atoms with Crippen LogP contribution in [0.1, 0.15) is 27.7 Å². The van der Waals surface area contributed by atoms with Crippen molar-refractivity contribution in [2.45, 2.75) is 20.8 Å². The Labute approximate surface area is 114 Å². The Balaban J connectivity index is 2.24. The van der Waals surface area contributed by atoms with E-state index in [-0.39, 0.29) is 11.7 Å². The average Bonchev–Trinajstić information content (AvgIpc) is 2.62. The summed E-state index contributed by atoms with van der Waals surface area (Å²) in [6.07, 6.45) is 0. The van der Waals surface area contributed by atoms with Crippen molar-refractivity contribution in [2.75, 3.05) is 5.32 Å². The molecule has 0 aliphatic heterocycles. The van der Waals surface area contributed by atoms with Crippen molar-refractivity contribution in [3.8, 4) is 0 Å². The number of aromatic nitrogens is 1. The molecule has 2 aromatic rings. The maximum absolute atomic E-state index is 12.0. The van der Waals surface area contributed by atoms with E-state index in [1.807, 2.05) is 25.1 Å². The molecule has 2 rings (SSSR count). The van der Waals surface area contributed by atoms with Crippen LogP contribution in [0, 0.1) is 20.8 Å². The van der Waals surface area contributed by atoms with Crippen molar-refractivity contribution in [3.05, 3.63) is 45.6 Å². The normalized spacial score (nSPS) is 10.4. The van der Waals surface area contributed by atoms with E-state index in [4.69, 9.17) is 4.42 Å². The molecule has 0 bridgehead atoms. The van der Waals surface area contributed by atoms with Gasteiger partial charge in [-0.15, -0.1) is 0 Å². The molecule has 5 heteroatoms. The number of oxazole rings is 1. The molecule has 1 aromatic carbocycles. The second-order valence-corrected chi connectivity index (χ2v) is 4.98. The third kappa shape index (κ3) is 2.61. The second kappa shape index (κ2) is 4.94. The van der Waals surface area contributed by atoms with Gasteiger partial charge in [0.25, 0.3) is 5.91 Å². The lowest BCUT2D eigenvalue weighted by molar-refractivity contribution is 0.0994. The number of nitrogens with zero attached hydrogens (tertiary/aromatic N) is 1. The third-order valence-electron chi connectivity index (χ3n) is 2.55. The van der Waals surface area contributed by atoms with Gasteiger partial charge in [0.2, 0.25) is 5.76 Å². The number of amides is 1. The predicted octanol–water partition coefficient (Wildman–Crippen LogP) is 3.61. The zero-order chi connectivity index (χ0) is 13.3. The average molecular weight is 309 g/mol. The van der Waals surface area contributed by atoms with E-state index >= 15 is 0 Å². The molecule has 1 heterocycles. The zero-order valence-corrected chi connectivity index (χ0v) is 12.0. The SMILES string of the molecule is Cc1nc(C)c(C(=O)Nc2ccc(Br)cc2C)o1. The number of benzene rings is 1. The molecule has 0 saturated heterocycles. The molecule has 94 valence electrons. The molecular weight excluding hydrogens is 296 g/mol. The molecule has 0 atom stereocenters. The summed E-state index contributed by atoms with van der Waals surface area (Å²) < 4.78 is 6.26. The Morgan fingerprint density at radius 3 is 2.61 bits per heavy atom. The van der Waals surface area contributed by atoms with Gasteiger partial charge in [-0.05, 0) is 37.6 Å². The molecule has 0 radical (unpaired) electrons. The Hall–Kier alpha value is -1.62. The van der Waals surface area contributed by atoms with Crippen molar-refractivity contribution in [2.24, 2.45) is 0 Å². The monoisotopic (exact) mass is 308 g/mol. The summed E-state index contributed by atoms with van der Waals surface area (Å²) >= 11 is 3.38. The minimum Gasteiger partial charge on any atom is -0.436 e. The Morgan fingerprint density at radius 2 is 2.06 bits per heavy atom. The molecule has 1 aromatic heterocycles. The summed E-state index contributed by atoms with van der Waals surface area (Å²) in [7, 11) is 0. The lowest BCUT2D eigenvalue weighted by atomic mass is 10.2. The molecular formula is C13H13BrN2O2. The van der Waals surface area contributed by atoms with Gasteiger partial charge in [0, 0.05) is 17.1 Å². The van der Waals surface area contributed by atoms with E-state index in [0.29, 0.717) is 11.6 Å². The third-order valence-corrected chi connectivity index (χ3v) is 3.04. The quantitative estimate of drug-likeness (QED) is 0.922. The van der Waals surface area contributed by atoms with Crippen LogP contribution < -0.4 is 5.32 Å². The first-order chi connectivity index (χ1) is 8.47. The van der Waals surface area contributed by atoms with Crippen LogP contribution in [0.25, 0.3) is 0 Å². The molecule has 0 unspecified atom stereocenters. The van der Waals surface area contributed by atoms with Crippen LogP contribution >= 0.6 is 15.9 Å². The molecule has 1 N–H and O–H groups in total. The first-order valence-corrected chi connectivity index (χ1v) is 6.28. The van der Waals surface area contributed by atoms with Crippen molar-refractivity contribution in [3.63, 3.8) is 0 Å². The van der Waals surface area contributed by atoms with Gasteiger partial charge in [-0.2, -0.15) is 0 Å². The van der Waals surface area contributed by atoms with Crippen molar-refractivity contribution in [1.29, 1.82) is 0 Å². The number of aryl methyl sites for hydroxylation is 3. The van der Waals surface area contributed by atoms with Crippen molar-refractivity contribution in [1.82, 2.24) is 4.98 Å². The van der Waals surface area contributed by atoms with Crippen LogP contribution in [-0.2, 0) is 0 Å². The fourth-order valence-electron chi connectivity index (χ4n) is 1.69. The van der Waals surface area contributed by atoms with Gasteiger partial charge in [-0.1, -0.05) is 15.9 Å².